The van der Waals surface area contributed by atoms with Crippen LogP contribution in [0.15, 0.2) is 42.0 Å². The molecule has 1 aliphatic heterocycles. The Kier molecular flexibility index (Phi) is 7.50. The van der Waals surface area contributed by atoms with Crippen LogP contribution in [0.5, 0.6) is 17.2 Å². The molecule has 176 valence electrons. The van der Waals surface area contributed by atoms with E-state index in [0.29, 0.717) is 30.8 Å². The lowest BCUT2D eigenvalue weighted by Crippen LogP contribution is -2.32. The minimum Gasteiger partial charge on any atom is -0.507 e. The molecule has 9 heteroatoms. The average Bonchev–Trinajstić information content (AvgIpc) is 3.03. The Balaban J connectivity index is 2.14. The molecule has 1 atom stereocenters. The van der Waals surface area contributed by atoms with Gasteiger partial charge in [-0.15, -0.1) is 0 Å². The summed E-state index contributed by atoms with van der Waals surface area (Å²) in [6, 6.07) is 8.35. The zero-order valence-corrected chi connectivity index (χ0v) is 19.7. The second kappa shape index (κ2) is 10.1. The molecular formula is C24H27ClN2O6. The van der Waals surface area contributed by atoms with Crippen LogP contribution in [0.2, 0.25) is 5.02 Å². The van der Waals surface area contributed by atoms with Gasteiger partial charge in [0.25, 0.3) is 11.7 Å². The van der Waals surface area contributed by atoms with Crippen LogP contribution in [0.1, 0.15) is 23.6 Å². The summed E-state index contributed by atoms with van der Waals surface area (Å²) in [7, 11) is 6.73. The minimum atomic E-state index is -0.884. The van der Waals surface area contributed by atoms with Gasteiger partial charge in [0.05, 0.1) is 30.9 Å². The number of hydrogen-bond acceptors (Lipinski definition) is 7. The highest BCUT2D eigenvalue weighted by Gasteiger charge is 2.46. The van der Waals surface area contributed by atoms with E-state index in [4.69, 9.17) is 21.1 Å². The molecule has 0 aromatic heterocycles. The monoisotopic (exact) mass is 474 g/mol. The molecule has 0 radical (unpaired) electrons. The Morgan fingerprint density at radius 1 is 1.09 bits per heavy atom. The third kappa shape index (κ3) is 4.91. The molecule has 1 saturated heterocycles. The van der Waals surface area contributed by atoms with E-state index in [2.05, 4.69) is 0 Å². The fourth-order valence-electron chi connectivity index (χ4n) is 3.86. The zero-order chi connectivity index (χ0) is 24.3. The van der Waals surface area contributed by atoms with Gasteiger partial charge in [-0.05, 0) is 63.0 Å². The molecule has 2 N–H and O–H groups in total. The van der Waals surface area contributed by atoms with Crippen LogP contribution in [-0.4, -0.2) is 73.1 Å². The first-order chi connectivity index (χ1) is 15.7. The highest BCUT2D eigenvalue weighted by molar-refractivity contribution is 6.46. The van der Waals surface area contributed by atoms with Crippen molar-refractivity contribution in [2.45, 2.75) is 12.5 Å². The van der Waals surface area contributed by atoms with Crippen LogP contribution >= 0.6 is 11.6 Å². The fraction of sp³-hybridized carbons (Fsp3) is 0.333. The molecule has 1 amide bonds. The summed E-state index contributed by atoms with van der Waals surface area (Å²) in [5, 5.41) is 21.7. The number of rotatable bonds is 8. The molecule has 1 unspecified atom stereocenters. The summed E-state index contributed by atoms with van der Waals surface area (Å²) in [6.45, 7) is 0.998. The number of aliphatic hydroxyl groups is 1. The third-order valence-electron chi connectivity index (χ3n) is 5.49. The van der Waals surface area contributed by atoms with Gasteiger partial charge in [0.15, 0.2) is 11.5 Å². The lowest BCUT2D eigenvalue weighted by atomic mass is 9.95. The number of phenolic OH excluding ortho intramolecular Hbond substituents is 1. The number of ketones is 1. The number of aliphatic hydroxyl groups excluding tert-OH is 1. The van der Waals surface area contributed by atoms with Crippen LogP contribution in [0.4, 0.5) is 0 Å². The predicted molar refractivity (Wildman–Crippen MR) is 125 cm³/mol. The number of Topliss-reactive ketones (excluding diaryl/α,β-unsaturated/α-hetero) is 1. The van der Waals surface area contributed by atoms with E-state index >= 15 is 0 Å². The maximum atomic E-state index is 13.1. The molecule has 2 aromatic rings. The van der Waals surface area contributed by atoms with E-state index in [1.165, 1.54) is 31.3 Å². The Bertz CT molecular complexity index is 1100. The van der Waals surface area contributed by atoms with Gasteiger partial charge in [-0.2, -0.15) is 0 Å². The van der Waals surface area contributed by atoms with Crippen molar-refractivity contribution in [3.8, 4) is 17.2 Å². The summed E-state index contributed by atoms with van der Waals surface area (Å²) in [6.07, 6.45) is 0.618. The number of hydrogen-bond donors (Lipinski definition) is 2. The molecule has 0 spiro atoms. The molecule has 1 fully saturated rings. The number of benzene rings is 2. The standard InChI is InChI=1S/C24H27ClN2O6/c1-26(2)10-5-11-27-21(14-6-9-19(33-4)17(28)13-14)20(23(30)24(27)31)22(29)15-7-8-18(32-3)16(25)12-15/h6-9,12-13,21,28-29H,5,10-11H2,1-4H3/b22-20-. The lowest BCUT2D eigenvalue weighted by Gasteiger charge is -2.26. The SMILES string of the molecule is COc1ccc(C2/C(=C(/O)c3ccc(OC)c(Cl)c3)C(=O)C(=O)N2CCCN(C)C)cc1O. The van der Waals surface area contributed by atoms with Crippen molar-refractivity contribution in [2.24, 2.45) is 0 Å². The maximum absolute atomic E-state index is 13.1. The van der Waals surface area contributed by atoms with Crippen LogP contribution in [0.25, 0.3) is 5.76 Å². The summed E-state index contributed by atoms with van der Waals surface area (Å²) in [4.78, 5) is 29.4. The van der Waals surface area contributed by atoms with E-state index in [0.717, 1.165) is 0 Å². The molecular weight excluding hydrogens is 448 g/mol. The number of phenols is 1. The molecule has 8 nitrogen and oxygen atoms in total. The number of methoxy groups -OCH3 is 2. The third-order valence-corrected chi connectivity index (χ3v) is 5.78. The van der Waals surface area contributed by atoms with Gasteiger partial charge in [-0.1, -0.05) is 17.7 Å². The highest BCUT2D eigenvalue weighted by atomic mass is 35.5. The molecule has 2 aromatic carbocycles. The predicted octanol–water partition coefficient (Wildman–Crippen LogP) is 3.44. The molecule has 0 saturated carbocycles. The van der Waals surface area contributed by atoms with Gasteiger partial charge in [-0.3, -0.25) is 9.59 Å². The fourth-order valence-corrected chi connectivity index (χ4v) is 4.12. The normalized spacial score (nSPS) is 17.6. The number of carbonyl (C=O) groups excluding carboxylic acids is 2. The lowest BCUT2D eigenvalue weighted by molar-refractivity contribution is -0.139. The number of carbonyl (C=O) groups is 2. The van der Waals surface area contributed by atoms with Gasteiger partial charge in [0, 0.05) is 12.1 Å². The van der Waals surface area contributed by atoms with Crippen molar-refractivity contribution < 1.29 is 29.3 Å². The summed E-state index contributed by atoms with van der Waals surface area (Å²) in [5.74, 6) is -1.34. The Hall–Kier alpha value is -3.23. The number of aromatic hydroxyl groups is 1. The van der Waals surface area contributed by atoms with Crippen LogP contribution in [-0.2, 0) is 9.59 Å². The number of likely N-dealkylation sites (tertiary alicyclic amines) is 1. The summed E-state index contributed by atoms with van der Waals surface area (Å²) < 4.78 is 10.3. The Labute approximate surface area is 197 Å². The maximum Gasteiger partial charge on any atom is 0.295 e. The van der Waals surface area contributed by atoms with Crippen molar-refractivity contribution in [1.82, 2.24) is 9.80 Å². The van der Waals surface area contributed by atoms with Gasteiger partial charge >= 0.3 is 0 Å². The van der Waals surface area contributed by atoms with Crippen LogP contribution in [0.3, 0.4) is 0 Å². The smallest absolute Gasteiger partial charge is 0.295 e. The van der Waals surface area contributed by atoms with Crippen molar-refractivity contribution >= 4 is 29.1 Å². The molecule has 1 aliphatic rings. The summed E-state index contributed by atoms with van der Waals surface area (Å²) >= 11 is 6.21. The molecule has 0 aliphatic carbocycles. The summed E-state index contributed by atoms with van der Waals surface area (Å²) in [5.41, 5.74) is 0.670. The topological polar surface area (TPSA) is 99.5 Å². The Morgan fingerprint density at radius 2 is 1.76 bits per heavy atom. The van der Waals surface area contributed by atoms with Gasteiger partial charge in [-0.25, -0.2) is 0 Å². The van der Waals surface area contributed by atoms with E-state index in [9.17, 15) is 19.8 Å². The van der Waals surface area contributed by atoms with Crippen LogP contribution < -0.4 is 9.47 Å². The van der Waals surface area contributed by atoms with E-state index in [1.54, 1.807) is 24.3 Å². The number of ether oxygens (including phenoxy) is 2. The van der Waals surface area contributed by atoms with Gasteiger partial charge in [0.2, 0.25) is 0 Å². The van der Waals surface area contributed by atoms with E-state index < -0.39 is 17.7 Å². The van der Waals surface area contributed by atoms with E-state index in [1.807, 2.05) is 19.0 Å². The molecule has 0 bridgehead atoms. The van der Waals surface area contributed by atoms with E-state index in [-0.39, 0.29) is 33.4 Å². The largest absolute Gasteiger partial charge is 0.507 e. The van der Waals surface area contributed by atoms with Crippen molar-refractivity contribution in [3.05, 3.63) is 58.1 Å². The van der Waals surface area contributed by atoms with Gasteiger partial charge < -0.3 is 29.5 Å². The zero-order valence-electron chi connectivity index (χ0n) is 19.0. The number of halogens is 1. The number of nitrogens with zero attached hydrogens (tertiary/aromatic N) is 2. The second-order valence-electron chi connectivity index (χ2n) is 7.93. The van der Waals surface area contributed by atoms with Crippen LogP contribution in [0, 0.1) is 0 Å². The second-order valence-corrected chi connectivity index (χ2v) is 8.34. The first kappa shape index (κ1) is 24.4. The Morgan fingerprint density at radius 3 is 2.33 bits per heavy atom. The molecule has 33 heavy (non-hydrogen) atoms. The average molecular weight is 475 g/mol. The highest BCUT2D eigenvalue weighted by Crippen LogP contribution is 2.42. The van der Waals surface area contributed by atoms with Gasteiger partial charge in [0.1, 0.15) is 11.5 Å². The molecule has 1 heterocycles. The molecule has 3 rings (SSSR count). The van der Waals surface area contributed by atoms with Crippen molar-refractivity contribution in [3.63, 3.8) is 0 Å². The first-order valence-corrected chi connectivity index (χ1v) is 10.7. The minimum absolute atomic E-state index is 0.0735. The first-order valence-electron chi connectivity index (χ1n) is 10.3. The quantitative estimate of drug-likeness (QED) is 0.343. The van der Waals surface area contributed by atoms with Crippen molar-refractivity contribution in [2.75, 3.05) is 41.4 Å². The van der Waals surface area contributed by atoms with Crippen molar-refractivity contribution in [1.29, 1.82) is 0 Å². The number of amides is 1.